The molecule has 9 aromatic carbocycles. The zero-order valence-electron chi connectivity index (χ0n) is 32.5. The Labute approximate surface area is 345 Å². The maximum absolute atomic E-state index is 6.72. The Balaban J connectivity index is 0.893. The fraction of sp³-hybridized carbons (Fsp3) is 0. The fourth-order valence-corrected chi connectivity index (χ4v) is 9.75. The molecule has 4 aromatic heterocycles. The second kappa shape index (κ2) is 12.7. The van der Waals surface area contributed by atoms with Gasteiger partial charge in [0.1, 0.15) is 5.58 Å². The maximum atomic E-state index is 6.72. The number of fused-ring (bicyclic) bond motifs is 11. The Hall–Kier alpha value is -8.08. The standard InChI is InChI=1S/C56H35N3O/c1-3-13-40(14-4-1)57-49-20-10-7-17-43(49)47-33-37(26-31-52(47)57)38-27-32-53-48(34-38)44-18-8-11-21-50(44)58(53)42-28-23-36(24-29-42)39-25-30-46-54(35-39)60-56-55(46)45-19-9-12-22-51(45)59(56)41-15-5-2-6-16-41/h1-35H. The molecule has 0 unspecified atom stereocenters. The minimum absolute atomic E-state index is 0.871. The van der Waals surface area contributed by atoms with E-state index in [1.165, 1.54) is 65.8 Å². The minimum atomic E-state index is 0.871. The summed E-state index contributed by atoms with van der Waals surface area (Å²) in [5.41, 5.74) is 15.8. The van der Waals surface area contributed by atoms with Crippen molar-refractivity contribution in [3.05, 3.63) is 212 Å². The van der Waals surface area contributed by atoms with E-state index in [1.807, 2.05) is 0 Å². The first-order valence-corrected chi connectivity index (χ1v) is 20.5. The molecular weight excluding hydrogens is 731 g/mol. The first-order chi connectivity index (χ1) is 29.8. The molecule has 0 amide bonds. The molecule has 4 heteroatoms. The maximum Gasteiger partial charge on any atom is 0.213 e. The molecule has 4 nitrogen and oxygen atoms in total. The van der Waals surface area contributed by atoms with E-state index in [2.05, 4.69) is 226 Å². The van der Waals surface area contributed by atoms with Gasteiger partial charge in [0.2, 0.25) is 5.71 Å². The van der Waals surface area contributed by atoms with E-state index >= 15 is 0 Å². The van der Waals surface area contributed by atoms with Gasteiger partial charge in [-0.05, 0) is 113 Å². The Bertz CT molecular complexity index is 3810. The second-order valence-electron chi connectivity index (χ2n) is 15.7. The smallest absolute Gasteiger partial charge is 0.213 e. The number of nitrogens with zero attached hydrogens (tertiary/aromatic N) is 3. The molecule has 0 spiro atoms. The Morgan fingerprint density at radius 2 is 0.683 bits per heavy atom. The third-order valence-electron chi connectivity index (χ3n) is 12.5. The van der Waals surface area contributed by atoms with Gasteiger partial charge in [0.25, 0.3) is 0 Å². The highest BCUT2D eigenvalue weighted by Gasteiger charge is 2.20. The summed E-state index contributed by atoms with van der Waals surface area (Å²) in [6, 6.07) is 76.6. The molecule has 0 N–H and O–H groups in total. The van der Waals surface area contributed by atoms with E-state index < -0.39 is 0 Å². The molecule has 0 aliphatic heterocycles. The predicted octanol–water partition coefficient (Wildman–Crippen LogP) is 15.1. The molecule has 0 aliphatic carbocycles. The monoisotopic (exact) mass is 765 g/mol. The van der Waals surface area contributed by atoms with Crippen LogP contribution >= 0.6 is 0 Å². The Morgan fingerprint density at radius 1 is 0.267 bits per heavy atom. The average Bonchev–Trinajstić information content (AvgIpc) is 4.05. The largest absolute Gasteiger partial charge is 0.439 e. The number of aromatic nitrogens is 3. The van der Waals surface area contributed by atoms with Crippen molar-refractivity contribution in [2.45, 2.75) is 0 Å². The van der Waals surface area contributed by atoms with Crippen molar-refractivity contribution in [3.63, 3.8) is 0 Å². The lowest BCUT2D eigenvalue weighted by Gasteiger charge is -2.10. The van der Waals surface area contributed by atoms with Crippen LogP contribution in [0.15, 0.2) is 217 Å². The predicted molar refractivity (Wildman–Crippen MR) is 250 cm³/mol. The van der Waals surface area contributed by atoms with Gasteiger partial charge < -0.3 is 13.6 Å². The number of hydrogen-bond donors (Lipinski definition) is 0. The number of hydrogen-bond acceptors (Lipinski definition) is 1. The number of rotatable bonds is 5. The normalized spacial score (nSPS) is 12.0. The SMILES string of the molecule is c1ccc(-n2c3ccccc3c3cc(-c4ccc5c(c4)c4ccccc4n5-c4ccc(-c5ccc6c(c5)oc5c6c6ccccc6n5-c5ccccc5)cc4)ccc32)cc1. The van der Waals surface area contributed by atoms with Crippen LogP contribution in [0.4, 0.5) is 0 Å². The van der Waals surface area contributed by atoms with Crippen molar-refractivity contribution in [2.75, 3.05) is 0 Å². The highest BCUT2D eigenvalue weighted by molar-refractivity contribution is 6.20. The highest BCUT2D eigenvalue weighted by atomic mass is 16.3. The van der Waals surface area contributed by atoms with Crippen molar-refractivity contribution in [1.82, 2.24) is 13.7 Å². The van der Waals surface area contributed by atoms with Crippen molar-refractivity contribution in [1.29, 1.82) is 0 Å². The quantitative estimate of drug-likeness (QED) is 0.171. The Morgan fingerprint density at radius 3 is 1.27 bits per heavy atom. The van der Waals surface area contributed by atoms with E-state index in [-0.39, 0.29) is 0 Å². The van der Waals surface area contributed by atoms with Crippen LogP contribution < -0.4 is 0 Å². The lowest BCUT2D eigenvalue weighted by atomic mass is 10.0. The summed E-state index contributed by atoms with van der Waals surface area (Å²) in [5.74, 6) is 0. The van der Waals surface area contributed by atoms with Crippen molar-refractivity contribution < 1.29 is 4.42 Å². The van der Waals surface area contributed by atoms with Gasteiger partial charge in [0.05, 0.1) is 33.0 Å². The molecule has 0 bridgehead atoms. The van der Waals surface area contributed by atoms with Gasteiger partial charge in [-0.2, -0.15) is 0 Å². The molecule has 0 saturated carbocycles. The van der Waals surface area contributed by atoms with Crippen LogP contribution in [0.3, 0.4) is 0 Å². The van der Waals surface area contributed by atoms with Crippen LogP contribution in [0.25, 0.3) is 116 Å². The van der Waals surface area contributed by atoms with Gasteiger partial charge in [0.15, 0.2) is 0 Å². The van der Waals surface area contributed by atoms with Crippen molar-refractivity contribution >= 4 is 76.6 Å². The van der Waals surface area contributed by atoms with E-state index in [0.29, 0.717) is 0 Å². The van der Waals surface area contributed by atoms with Gasteiger partial charge in [-0.3, -0.25) is 4.57 Å². The molecule has 0 aliphatic rings. The van der Waals surface area contributed by atoms with Crippen LogP contribution in [0.1, 0.15) is 0 Å². The molecule has 4 heterocycles. The van der Waals surface area contributed by atoms with Crippen molar-refractivity contribution in [3.8, 4) is 39.3 Å². The lowest BCUT2D eigenvalue weighted by molar-refractivity contribution is 0.645. The highest BCUT2D eigenvalue weighted by Crippen LogP contribution is 2.42. The average molecular weight is 766 g/mol. The van der Waals surface area contributed by atoms with Crippen LogP contribution in [0, 0.1) is 0 Å². The van der Waals surface area contributed by atoms with Gasteiger partial charge in [-0.15, -0.1) is 0 Å². The molecule has 0 fully saturated rings. The minimum Gasteiger partial charge on any atom is -0.439 e. The number of benzene rings is 9. The molecule has 280 valence electrons. The van der Waals surface area contributed by atoms with Crippen LogP contribution in [0.2, 0.25) is 0 Å². The summed E-state index contributed by atoms with van der Waals surface area (Å²) in [6.45, 7) is 0. The van der Waals surface area contributed by atoms with E-state index in [0.717, 1.165) is 50.1 Å². The third-order valence-corrected chi connectivity index (χ3v) is 12.5. The molecule has 13 aromatic rings. The molecule has 0 radical (unpaired) electrons. The first kappa shape index (κ1) is 32.9. The second-order valence-corrected chi connectivity index (χ2v) is 15.7. The molecule has 13 rings (SSSR count). The molecule has 0 saturated heterocycles. The fourth-order valence-electron chi connectivity index (χ4n) is 9.75. The first-order valence-electron chi connectivity index (χ1n) is 20.5. The van der Waals surface area contributed by atoms with Gasteiger partial charge in [-0.1, -0.05) is 121 Å². The van der Waals surface area contributed by atoms with Crippen molar-refractivity contribution in [2.24, 2.45) is 0 Å². The van der Waals surface area contributed by atoms with E-state index in [4.69, 9.17) is 4.42 Å². The van der Waals surface area contributed by atoms with Crippen LogP contribution in [0.5, 0.6) is 0 Å². The van der Waals surface area contributed by atoms with Gasteiger partial charge in [0, 0.05) is 49.4 Å². The summed E-state index contributed by atoms with van der Waals surface area (Å²) >= 11 is 0. The molecule has 60 heavy (non-hydrogen) atoms. The number of para-hydroxylation sites is 5. The number of furan rings is 1. The van der Waals surface area contributed by atoms with Gasteiger partial charge in [-0.25, -0.2) is 0 Å². The summed E-state index contributed by atoms with van der Waals surface area (Å²) in [4.78, 5) is 0. The van der Waals surface area contributed by atoms with Crippen LogP contribution in [-0.4, -0.2) is 13.7 Å². The summed E-state index contributed by atoms with van der Waals surface area (Å²) in [7, 11) is 0. The molecule has 0 atom stereocenters. The molecular formula is C56H35N3O. The summed E-state index contributed by atoms with van der Waals surface area (Å²) in [5, 5.41) is 8.46. The zero-order chi connectivity index (χ0) is 39.3. The Kier molecular flexibility index (Phi) is 6.98. The summed E-state index contributed by atoms with van der Waals surface area (Å²) in [6.07, 6.45) is 0. The van der Waals surface area contributed by atoms with Crippen LogP contribution in [-0.2, 0) is 0 Å². The topological polar surface area (TPSA) is 27.9 Å². The lowest BCUT2D eigenvalue weighted by Crippen LogP contribution is -1.94. The zero-order valence-corrected chi connectivity index (χ0v) is 32.5. The van der Waals surface area contributed by atoms with Gasteiger partial charge >= 0.3 is 0 Å². The van der Waals surface area contributed by atoms with E-state index in [9.17, 15) is 0 Å². The van der Waals surface area contributed by atoms with E-state index in [1.54, 1.807) is 0 Å². The third kappa shape index (κ3) is 4.79. The summed E-state index contributed by atoms with van der Waals surface area (Å²) < 4.78 is 13.7.